The minimum atomic E-state index is -0.575. The van der Waals surface area contributed by atoms with E-state index in [9.17, 15) is 9.90 Å². The lowest BCUT2D eigenvalue weighted by Gasteiger charge is -2.24. The minimum Gasteiger partial charge on any atom is -0.491 e. The number of halogens is 1. The van der Waals surface area contributed by atoms with Crippen LogP contribution in [-0.4, -0.2) is 64.2 Å². The predicted molar refractivity (Wildman–Crippen MR) is 176 cm³/mol. The molecule has 46 heavy (non-hydrogen) atoms. The molecule has 0 atom stereocenters. The van der Waals surface area contributed by atoms with Crippen molar-refractivity contribution in [3.8, 4) is 28.3 Å². The van der Waals surface area contributed by atoms with Crippen LogP contribution >= 0.6 is 0 Å². The molecule has 0 radical (unpaired) electrons. The summed E-state index contributed by atoms with van der Waals surface area (Å²) in [7, 11) is 2.13. The summed E-state index contributed by atoms with van der Waals surface area (Å²) in [6.07, 6.45) is 7.06. The molecule has 0 unspecified atom stereocenters. The molecule has 1 saturated carbocycles. The summed E-state index contributed by atoms with van der Waals surface area (Å²) in [6.45, 7) is 2.09. The molecular weight excluding hydrogens is 581 g/mol. The van der Waals surface area contributed by atoms with Crippen LogP contribution in [-0.2, 0) is 6.61 Å². The number of carbonyl (C=O) groups excluding carboxylic acids is 1. The zero-order valence-electron chi connectivity index (χ0n) is 25.6. The molecule has 8 rings (SSSR count). The number of hydrogen-bond donors (Lipinski definition) is 2. The van der Waals surface area contributed by atoms with Gasteiger partial charge in [0.25, 0.3) is 5.91 Å². The molecule has 3 aliphatic rings. The summed E-state index contributed by atoms with van der Waals surface area (Å²) >= 11 is 0. The smallest absolute Gasteiger partial charge is 0.265 e. The third-order valence-electron chi connectivity index (χ3n) is 9.37. The molecule has 9 heteroatoms. The van der Waals surface area contributed by atoms with Gasteiger partial charge in [0.2, 0.25) is 0 Å². The molecule has 232 valence electrons. The first-order valence-corrected chi connectivity index (χ1v) is 15.8. The molecule has 1 fully saturated rings. The van der Waals surface area contributed by atoms with Gasteiger partial charge in [-0.3, -0.25) is 4.79 Å². The first-order chi connectivity index (χ1) is 22.5. The van der Waals surface area contributed by atoms with Gasteiger partial charge in [-0.2, -0.15) is 0 Å². The highest BCUT2D eigenvalue weighted by Crippen LogP contribution is 2.43. The highest BCUT2D eigenvalue weighted by molar-refractivity contribution is 6.09. The summed E-state index contributed by atoms with van der Waals surface area (Å²) < 4.78 is 21.3. The monoisotopic (exact) mass is 615 g/mol. The molecule has 0 saturated heterocycles. The average Bonchev–Trinajstić information content (AvgIpc) is 3.86. The molecule has 1 amide bonds. The second-order valence-corrected chi connectivity index (χ2v) is 12.4. The molecule has 5 aromatic rings. The Hall–Kier alpha value is -4.86. The second-order valence-electron chi connectivity index (χ2n) is 12.4. The van der Waals surface area contributed by atoms with E-state index in [2.05, 4.69) is 52.3 Å². The number of amides is 1. The van der Waals surface area contributed by atoms with Crippen LogP contribution in [0.3, 0.4) is 0 Å². The Morgan fingerprint density at radius 3 is 2.63 bits per heavy atom. The number of carbonyl (C=O) groups is 1. The standard InChI is InChI=1S/C37H34FN5O3/c1-42-15-12-24(13-16-42)22-7-9-25(10-8-22)35-40-34-28(11-14-39-36(34)41-35)27-3-2-4-31(29(27)21-44)43-17-18-46-32-20-26(23-5-6-23)19-30(38)33(32)37(43)45/h2-4,7-12,14,19-20,23,44H,5-6,13,15-18,21H2,1H3,(H,39,40,41). The molecule has 0 bridgehead atoms. The zero-order valence-corrected chi connectivity index (χ0v) is 25.6. The van der Waals surface area contributed by atoms with E-state index >= 15 is 4.39 Å². The van der Waals surface area contributed by atoms with Crippen LogP contribution in [0.15, 0.2) is 72.9 Å². The number of nitrogens with zero attached hydrogens (tertiary/aromatic N) is 4. The number of imidazole rings is 1. The number of nitrogens with one attached hydrogen (secondary N) is 1. The molecule has 3 aromatic carbocycles. The predicted octanol–water partition coefficient (Wildman–Crippen LogP) is 6.56. The van der Waals surface area contributed by atoms with Crippen LogP contribution in [0.1, 0.15) is 52.2 Å². The van der Waals surface area contributed by atoms with Crippen molar-refractivity contribution in [3.63, 3.8) is 0 Å². The number of aromatic nitrogens is 3. The third-order valence-corrected chi connectivity index (χ3v) is 9.37. The Kier molecular flexibility index (Phi) is 7.15. The zero-order chi connectivity index (χ0) is 31.4. The van der Waals surface area contributed by atoms with E-state index < -0.39 is 11.7 Å². The van der Waals surface area contributed by atoms with E-state index in [1.165, 1.54) is 22.1 Å². The van der Waals surface area contributed by atoms with Gasteiger partial charge >= 0.3 is 0 Å². The van der Waals surface area contributed by atoms with Gasteiger partial charge in [-0.25, -0.2) is 14.4 Å². The van der Waals surface area contributed by atoms with Gasteiger partial charge in [-0.15, -0.1) is 0 Å². The van der Waals surface area contributed by atoms with Crippen molar-refractivity contribution in [2.75, 3.05) is 38.2 Å². The van der Waals surface area contributed by atoms with E-state index in [0.717, 1.165) is 54.6 Å². The van der Waals surface area contributed by atoms with E-state index in [0.29, 0.717) is 34.2 Å². The summed E-state index contributed by atoms with van der Waals surface area (Å²) in [6, 6.07) is 19.1. The Bertz CT molecular complexity index is 2010. The number of ether oxygens (including phenoxy) is 1. The molecule has 4 heterocycles. The fraction of sp³-hybridized carbons (Fsp3) is 0.270. The van der Waals surface area contributed by atoms with Crippen LogP contribution in [0, 0.1) is 5.82 Å². The van der Waals surface area contributed by atoms with Crippen LogP contribution in [0.5, 0.6) is 5.75 Å². The quantitative estimate of drug-likeness (QED) is 0.225. The molecule has 2 aliphatic heterocycles. The number of anilines is 1. The highest BCUT2D eigenvalue weighted by Gasteiger charge is 2.33. The normalized spacial score (nSPS) is 17.1. The van der Waals surface area contributed by atoms with E-state index in [4.69, 9.17) is 9.72 Å². The van der Waals surface area contributed by atoms with Crippen molar-refractivity contribution in [2.24, 2.45) is 0 Å². The Labute approximate surface area is 266 Å². The van der Waals surface area contributed by atoms with Gasteiger partial charge in [-0.05, 0) is 78.8 Å². The molecule has 0 spiro atoms. The number of aromatic amines is 1. The lowest BCUT2D eigenvalue weighted by atomic mass is 9.97. The summed E-state index contributed by atoms with van der Waals surface area (Å²) in [5.41, 5.74) is 8.13. The van der Waals surface area contributed by atoms with E-state index in [1.807, 2.05) is 24.3 Å². The number of aliphatic hydroxyl groups excluding tert-OH is 1. The van der Waals surface area contributed by atoms with Crippen molar-refractivity contribution < 1.29 is 19.0 Å². The van der Waals surface area contributed by atoms with Crippen molar-refractivity contribution in [3.05, 3.63) is 101 Å². The van der Waals surface area contributed by atoms with Crippen LogP contribution in [0.25, 0.3) is 39.3 Å². The highest BCUT2D eigenvalue weighted by atomic mass is 19.1. The largest absolute Gasteiger partial charge is 0.491 e. The maximum atomic E-state index is 15.4. The van der Waals surface area contributed by atoms with Gasteiger partial charge in [-0.1, -0.05) is 42.5 Å². The molecule has 2 aromatic heterocycles. The first-order valence-electron chi connectivity index (χ1n) is 15.8. The first kappa shape index (κ1) is 28.6. The van der Waals surface area contributed by atoms with Gasteiger partial charge in [0.15, 0.2) is 5.65 Å². The van der Waals surface area contributed by atoms with Crippen molar-refractivity contribution in [1.29, 1.82) is 0 Å². The van der Waals surface area contributed by atoms with Crippen molar-refractivity contribution >= 4 is 28.3 Å². The van der Waals surface area contributed by atoms with Crippen LogP contribution in [0.2, 0.25) is 0 Å². The molecule has 2 N–H and O–H groups in total. The van der Waals surface area contributed by atoms with Gasteiger partial charge in [0.05, 0.1) is 18.8 Å². The lowest BCUT2D eigenvalue weighted by molar-refractivity contribution is 0.0985. The number of likely N-dealkylation sites (N-methyl/N-ethyl adjacent to an activating group) is 1. The van der Waals surface area contributed by atoms with Gasteiger partial charge in [0.1, 0.15) is 35.1 Å². The summed E-state index contributed by atoms with van der Waals surface area (Å²) in [5, 5.41) is 10.7. The summed E-state index contributed by atoms with van der Waals surface area (Å²) in [4.78, 5) is 30.6. The maximum absolute atomic E-state index is 15.4. The maximum Gasteiger partial charge on any atom is 0.265 e. The van der Waals surface area contributed by atoms with Crippen LogP contribution in [0.4, 0.5) is 10.1 Å². The Morgan fingerprint density at radius 1 is 1.04 bits per heavy atom. The number of pyridine rings is 1. The van der Waals surface area contributed by atoms with E-state index in [1.54, 1.807) is 12.3 Å². The number of fused-ring (bicyclic) bond motifs is 2. The molecular formula is C37H34FN5O3. The number of H-pyrrole nitrogens is 1. The average molecular weight is 616 g/mol. The Morgan fingerprint density at radius 2 is 1.87 bits per heavy atom. The SMILES string of the molecule is CN1CC=C(c2ccc(-c3nc4c(-c5cccc(N6CCOc7cc(C8CC8)cc(F)c7C6=O)c5CO)ccnc4[nH]3)cc2)CC1. The number of benzene rings is 3. The van der Waals surface area contributed by atoms with Gasteiger partial charge in [0, 0.05) is 36.0 Å². The fourth-order valence-electron chi connectivity index (χ4n) is 6.67. The lowest BCUT2D eigenvalue weighted by Crippen LogP contribution is -2.33. The van der Waals surface area contributed by atoms with E-state index in [-0.39, 0.29) is 31.1 Å². The molecule has 1 aliphatic carbocycles. The second kappa shape index (κ2) is 11.5. The minimum absolute atomic E-state index is 0.0717. The van der Waals surface area contributed by atoms with Gasteiger partial charge < -0.3 is 24.6 Å². The topological polar surface area (TPSA) is 94.6 Å². The number of rotatable bonds is 6. The van der Waals surface area contributed by atoms with Crippen molar-refractivity contribution in [1.82, 2.24) is 19.9 Å². The summed E-state index contributed by atoms with van der Waals surface area (Å²) in [5.74, 6) is 0.246. The number of hydrogen-bond acceptors (Lipinski definition) is 6. The van der Waals surface area contributed by atoms with Crippen molar-refractivity contribution in [2.45, 2.75) is 31.8 Å². The third kappa shape index (κ3) is 5.05. The fourth-order valence-corrected chi connectivity index (χ4v) is 6.67. The van der Waals surface area contributed by atoms with Crippen LogP contribution < -0.4 is 9.64 Å². The Balaban J connectivity index is 1.15. The molecule has 8 nitrogen and oxygen atoms in total. The number of aliphatic hydroxyl groups is 1.